The second-order valence-electron chi connectivity index (χ2n) is 5.54. The summed E-state index contributed by atoms with van der Waals surface area (Å²) in [4.78, 5) is 13.2. The average molecular weight is 310 g/mol. The van der Waals surface area contributed by atoms with E-state index in [9.17, 15) is 4.79 Å². The standard InChI is InChI=1S/C15H14N6O2/c1-15(7-11(22)21(2)14(17)18-15)13-20-19-12(23-13)10-5-3-4-9(6-10)8-16/h3-6H,7H2,1-2H3,(H2,17,18)/t15-/m1/s1. The van der Waals surface area contributed by atoms with Crippen LogP contribution in [0.5, 0.6) is 0 Å². The summed E-state index contributed by atoms with van der Waals surface area (Å²) >= 11 is 0. The predicted octanol–water partition coefficient (Wildman–Crippen LogP) is 1.21. The molecule has 0 spiro atoms. The summed E-state index contributed by atoms with van der Waals surface area (Å²) in [6, 6.07) is 8.87. The lowest BCUT2D eigenvalue weighted by molar-refractivity contribution is -0.129. The lowest BCUT2D eigenvalue weighted by Crippen LogP contribution is -2.58. The number of rotatable bonds is 2. The zero-order valence-corrected chi connectivity index (χ0v) is 12.6. The third kappa shape index (κ3) is 2.53. The largest absolute Gasteiger partial charge is 0.418 e. The van der Waals surface area contributed by atoms with Crippen molar-refractivity contribution in [3.05, 3.63) is 35.7 Å². The molecular formula is C15H14N6O2. The number of guanidine groups is 1. The Balaban J connectivity index is 1.94. The smallest absolute Gasteiger partial charge is 0.247 e. The molecule has 0 saturated carbocycles. The van der Waals surface area contributed by atoms with Crippen LogP contribution in [-0.2, 0) is 10.3 Å². The molecule has 0 bridgehead atoms. The Bertz CT molecular complexity index is 816. The summed E-state index contributed by atoms with van der Waals surface area (Å²) in [6.45, 7) is 1.73. The Hall–Kier alpha value is -3.21. The second kappa shape index (κ2) is 5.21. The Morgan fingerprint density at radius 3 is 2.96 bits per heavy atom. The zero-order chi connectivity index (χ0) is 16.6. The molecule has 0 unspecified atom stereocenters. The molecule has 1 aromatic carbocycles. The molecular weight excluding hydrogens is 296 g/mol. The normalized spacial score (nSPS) is 21.0. The summed E-state index contributed by atoms with van der Waals surface area (Å²) in [6.07, 6.45) is 0.103. The van der Waals surface area contributed by atoms with Crippen LogP contribution >= 0.6 is 0 Å². The predicted molar refractivity (Wildman–Crippen MR) is 80.1 cm³/mol. The fraction of sp³-hybridized carbons (Fsp3) is 0.267. The second-order valence-corrected chi connectivity index (χ2v) is 5.54. The van der Waals surface area contributed by atoms with Crippen LogP contribution in [0.4, 0.5) is 0 Å². The molecule has 2 heterocycles. The van der Waals surface area contributed by atoms with Crippen LogP contribution in [0.25, 0.3) is 11.5 Å². The van der Waals surface area contributed by atoms with E-state index in [1.54, 1.807) is 31.2 Å². The number of benzene rings is 1. The molecule has 2 N–H and O–H groups in total. The van der Waals surface area contributed by atoms with Gasteiger partial charge in [0.25, 0.3) is 0 Å². The van der Waals surface area contributed by atoms with E-state index in [0.717, 1.165) is 0 Å². The van der Waals surface area contributed by atoms with Gasteiger partial charge in [-0.3, -0.25) is 15.1 Å². The van der Waals surface area contributed by atoms with Gasteiger partial charge in [0.2, 0.25) is 17.7 Å². The third-order valence-corrected chi connectivity index (χ3v) is 3.74. The van der Waals surface area contributed by atoms with Gasteiger partial charge in [-0.2, -0.15) is 5.26 Å². The molecule has 8 nitrogen and oxygen atoms in total. The van der Waals surface area contributed by atoms with Gasteiger partial charge in [-0.25, -0.2) is 0 Å². The minimum Gasteiger partial charge on any atom is -0.418 e. The van der Waals surface area contributed by atoms with E-state index in [-0.39, 0.29) is 30.1 Å². The molecule has 1 aromatic heterocycles. The van der Waals surface area contributed by atoms with Gasteiger partial charge < -0.3 is 9.73 Å². The number of amides is 1. The van der Waals surface area contributed by atoms with Gasteiger partial charge in [-0.15, -0.1) is 10.2 Å². The van der Waals surface area contributed by atoms with Gasteiger partial charge in [0.1, 0.15) is 5.54 Å². The SMILES string of the molecule is CN1C(=N)N[C@@](C)(c2nnc(-c3cccc(C#N)c3)o2)CC1=O. The number of nitrogens with zero attached hydrogens (tertiary/aromatic N) is 4. The van der Waals surface area contributed by atoms with E-state index in [1.807, 2.05) is 0 Å². The van der Waals surface area contributed by atoms with Crippen molar-refractivity contribution >= 4 is 11.9 Å². The van der Waals surface area contributed by atoms with E-state index < -0.39 is 5.54 Å². The highest BCUT2D eigenvalue weighted by Gasteiger charge is 2.42. The van der Waals surface area contributed by atoms with Crippen molar-refractivity contribution in [2.75, 3.05) is 7.05 Å². The van der Waals surface area contributed by atoms with Gasteiger partial charge in [-0.1, -0.05) is 6.07 Å². The van der Waals surface area contributed by atoms with Gasteiger partial charge in [-0.05, 0) is 25.1 Å². The van der Waals surface area contributed by atoms with Crippen molar-refractivity contribution in [3.8, 4) is 17.5 Å². The minimum atomic E-state index is -0.932. The van der Waals surface area contributed by atoms with Gasteiger partial charge in [0, 0.05) is 12.6 Å². The highest BCUT2D eigenvalue weighted by atomic mass is 16.4. The molecule has 116 valence electrons. The number of hydrogen-bond donors (Lipinski definition) is 2. The van der Waals surface area contributed by atoms with E-state index in [2.05, 4.69) is 21.6 Å². The first-order valence-electron chi connectivity index (χ1n) is 6.91. The summed E-state index contributed by atoms with van der Waals surface area (Å²) in [5.74, 6) is 0.261. The van der Waals surface area contributed by atoms with E-state index in [1.165, 1.54) is 11.9 Å². The molecule has 23 heavy (non-hydrogen) atoms. The summed E-state index contributed by atoms with van der Waals surface area (Å²) in [5, 5.41) is 27.7. The first-order valence-corrected chi connectivity index (χ1v) is 6.91. The fourth-order valence-corrected chi connectivity index (χ4v) is 2.35. The maximum absolute atomic E-state index is 12.0. The van der Waals surface area contributed by atoms with Crippen molar-refractivity contribution in [2.24, 2.45) is 0 Å². The maximum atomic E-state index is 12.0. The molecule has 0 aliphatic carbocycles. The van der Waals surface area contributed by atoms with Crippen molar-refractivity contribution < 1.29 is 9.21 Å². The van der Waals surface area contributed by atoms with Crippen molar-refractivity contribution in [3.63, 3.8) is 0 Å². The highest BCUT2D eigenvalue weighted by molar-refractivity contribution is 5.98. The molecule has 1 fully saturated rings. The maximum Gasteiger partial charge on any atom is 0.247 e. The first-order chi connectivity index (χ1) is 10.9. The van der Waals surface area contributed by atoms with E-state index in [4.69, 9.17) is 15.1 Å². The van der Waals surface area contributed by atoms with Crippen LogP contribution in [0.2, 0.25) is 0 Å². The van der Waals surface area contributed by atoms with Gasteiger partial charge in [0.15, 0.2) is 5.96 Å². The number of nitrogens with one attached hydrogen (secondary N) is 2. The third-order valence-electron chi connectivity index (χ3n) is 3.74. The lowest BCUT2D eigenvalue weighted by atomic mass is 9.95. The van der Waals surface area contributed by atoms with Crippen LogP contribution in [0.1, 0.15) is 24.8 Å². The highest BCUT2D eigenvalue weighted by Crippen LogP contribution is 2.30. The van der Waals surface area contributed by atoms with Crippen LogP contribution in [-0.4, -0.2) is 34.0 Å². The van der Waals surface area contributed by atoms with E-state index >= 15 is 0 Å². The van der Waals surface area contributed by atoms with Crippen molar-refractivity contribution in [1.82, 2.24) is 20.4 Å². The molecule has 1 saturated heterocycles. The lowest BCUT2D eigenvalue weighted by Gasteiger charge is -2.36. The molecule has 8 heteroatoms. The van der Waals surface area contributed by atoms with Crippen LogP contribution in [0, 0.1) is 16.7 Å². The molecule has 1 aliphatic heterocycles. The molecule has 1 atom stereocenters. The number of nitriles is 1. The Morgan fingerprint density at radius 1 is 1.48 bits per heavy atom. The number of hydrogen-bond acceptors (Lipinski definition) is 6. The Morgan fingerprint density at radius 2 is 2.26 bits per heavy atom. The van der Waals surface area contributed by atoms with Crippen LogP contribution in [0.3, 0.4) is 0 Å². The van der Waals surface area contributed by atoms with E-state index in [0.29, 0.717) is 11.1 Å². The topological polar surface area (TPSA) is 119 Å². The van der Waals surface area contributed by atoms with Crippen LogP contribution in [0.15, 0.2) is 28.7 Å². The van der Waals surface area contributed by atoms with Crippen molar-refractivity contribution in [1.29, 1.82) is 10.7 Å². The minimum absolute atomic E-state index is 0.0185. The molecule has 3 rings (SSSR count). The van der Waals surface area contributed by atoms with Gasteiger partial charge in [0.05, 0.1) is 18.1 Å². The summed E-state index contributed by atoms with van der Waals surface area (Å²) in [5.41, 5.74) is 0.183. The number of carbonyl (C=O) groups is 1. The number of aromatic nitrogens is 2. The van der Waals surface area contributed by atoms with Crippen molar-refractivity contribution in [2.45, 2.75) is 18.9 Å². The molecule has 2 aromatic rings. The van der Waals surface area contributed by atoms with Crippen LogP contribution < -0.4 is 5.32 Å². The zero-order valence-electron chi connectivity index (χ0n) is 12.6. The first kappa shape index (κ1) is 14.7. The average Bonchev–Trinajstić information content (AvgIpc) is 3.03. The Labute approximate surface area is 132 Å². The number of carbonyl (C=O) groups excluding carboxylic acids is 1. The monoisotopic (exact) mass is 310 g/mol. The summed E-state index contributed by atoms with van der Waals surface area (Å²) in [7, 11) is 1.53. The summed E-state index contributed by atoms with van der Waals surface area (Å²) < 4.78 is 5.68. The fourth-order valence-electron chi connectivity index (χ4n) is 2.35. The van der Waals surface area contributed by atoms with Gasteiger partial charge >= 0.3 is 0 Å². The molecule has 1 amide bonds. The Kier molecular flexibility index (Phi) is 3.33. The quantitative estimate of drug-likeness (QED) is 0.860. The molecule has 0 radical (unpaired) electrons. The molecule has 1 aliphatic rings.